The molecule has 1 amide bonds. The Morgan fingerprint density at radius 1 is 1.16 bits per heavy atom. The van der Waals surface area contributed by atoms with Gasteiger partial charge in [-0.2, -0.15) is 0 Å². The summed E-state index contributed by atoms with van der Waals surface area (Å²) in [6, 6.07) is 10.2. The molecule has 0 fully saturated rings. The summed E-state index contributed by atoms with van der Waals surface area (Å²) in [5.74, 6) is 0.250. The van der Waals surface area contributed by atoms with Crippen LogP contribution in [-0.4, -0.2) is 38.7 Å². The highest BCUT2D eigenvalue weighted by molar-refractivity contribution is 7.92. The standard InChI is InChI=1S/C17H21N3O4S/c1-3-20(25(2,22)23)15-4-6-16(7-5-15)24-13-17(21)19-12-14-8-10-18-11-9-14/h4-11H,3,12-13H2,1-2H3,(H,19,21). The summed E-state index contributed by atoms with van der Waals surface area (Å²) in [5, 5.41) is 2.75. The van der Waals surface area contributed by atoms with Crippen LogP contribution >= 0.6 is 0 Å². The van der Waals surface area contributed by atoms with E-state index in [0.717, 1.165) is 11.8 Å². The van der Waals surface area contributed by atoms with Gasteiger partial charge in [0.15, 0.2) is 6.61 Å². The molecule has 0 aliphatic rings. The number of carbonyl (C=O) groups excluding carboxylic acids is 1. The van der Waals surface area contributed by atoms with Crippen LogP contribution in [-0.2, 0) is 21.4 Å². The largest absolute Gasteiger partial charge is 0.484 e. The van der Waals surface area contributed by atoms with Crippen molar-refractivity contribution in [2.75, 3.05) is 23.7 Å². The Morgan fingerprint density at radius 3 is 2.36 bits per heavy atom. The summed E-state index contributed by atoms with van der Waals surface area (Å²) in [6.07, 6.45) is 4.49. The molecule has 25 heavy (non-hydrogen) atoms. The zero-order valence-corrected chi connectivity index (χ0v) is 15.0. The highest BCUT2D eigenvalue weighted by atomic mass is 32.2. The van der Waals surface area contributed by atoms with E-state index in [1.807, 2.05) is 12.1 Å². The van der Waals surface area contributed by atoms with Crippen LogP contribution in [0.5, 0.6) is 5.75 Å². The van der Waals surface area contributed by atoms with Crippen LogP contribution in [0.3, 0.4) is 0 Å². The predicted octanol–water partition coefficient (Wildman–Crippen LogP) is 1.56. The van der Waals surface area contributed by atoms with E-state index in [-0.39, 0.29) is 12.5 Å². The lowest BCUT2D eigenvalue weighted by Crippen LogP contribution is -2.29. The third kappa shape index (κ3) is 5.75. The van der Waals surface area contributed by atoms with Gasteiger partial charge in [-0.15, -0.1) is 0 Å². The van der Waals surface area contributed by atoms with Crippen LogP contribution < -0.4 is 14.4 Å². The zero-order chi connectivity index (χ0) is 18.3. The lowest BCUT2D eigenvalue weighted by atomic mass is 10.3. The van der Waals surface area contributed by atoms with E-state index in [1.165, 1.54) is 4.31 Å². The normalized spacial score (nSPS) is 11.0. The Kier molecular flexibility index (Phi) is 6.35. The second-order valence-electron chi connectivity index (χ2n) is 5.34. The second-order valence-corrected chi connectivity index (χ2v) is 7.25. The Bertz CT molecular complexity index is 792. The van der Waals surface area contributed by atoms with E-state index in [2.05, 4.69) is 10.3 Å². The number of aromatic nitrogens is 1. The summed E-state index contributed by atoms with van der Waals surface area (Å²) in [7, 11) is -3.32. The maximum Gasteiger partial charge on any atom is 0.258 e. The van der Waals surface area contributed by atoms with Gasteiger partial charge in [0, 0.05) is 25.5 Å². The SMILES string of the molecule is CCN(c1ccc(OCC(=O)NCc2ccncc2)cc1)S(C)(=O)=O. The lowest BCUT2D eigenvalue weighted by Gasteiger charge is -2.20. The molecule has 0 saturated carbocycles. The van der Waals surface area contributed by atoms with Crippen molar-refractivity contribution >= 4 is 21.6 Å². The number of amides is 1. The van der Waals surface area contributed by atoms with Gasteiger partial charge in [-0.3, -0.25) is 14.1 Å². The molecule has 0 aliphatic heterocycles. The van der Waals surface area contributed by atoms with Crippen molar-refractivity contribution in [1.29, 1.82) is 0 Å². The molecule has 1 aromatic carbocycles. The van der Waals surface area contributed by atoms with E-state index < -0.39 is 10.0 Å². The number of hydrogen-bond acceptors (Lipinski definition) is 5. The highest BCUT2D eigenvalue weighted by Gasteiger charge is 2.15. The third-order valence-electron chi connectivity index (χ3n) is 3.42. The number of ether oxygens (including phenoxy) is 1. The van der Waals surface area contributed by atoms with Gasteiger partial charge in [-0.1, -0.05) is 0 Å². The molecule has 1 aromatic heterocycles. The van der Waals surface area contributed by atoms with Gasteiger partial charge in [0.1, 0.15) is 5.75 Å². The fraction of sp³-hybridized carbons (Fsp3) is 0.294. The molecule has 1 N–H and O–H groups in total. The quantitative estimate of drug-likeness (QED) is 0.769. The predicted molar refractivity (Wildman–Crippen MR) is 95.9 cm³/mol. The van der Waals surface area contributed by atoms with Crippen molar-refractivity contribution in [3.05, 3.63) is 54.4 Å². The molecule has 2 rings (SSSR count). The first-order chi connectivity index (χ1) is 11.9. The Balaban J connectivity index is 1.86. The van der Waals surface area contributed by atoms with Crippen LogP contribution in [0.2, 0.25) is 0 Å². The van der Waals surface area contributed by atoms with Gasteiger partial charge >= 0.3 is 0 Å². The monoisotopic (exact) mass is 363 g/mol. The molecular formula is C17H21N3O4S. The summed E-state index contributed by atoms with van der Waals surface area (Å²) < 4.78 is 30.1. The van der Waals surface area contributed by atoms with Gasteiger partial charge in [-0.05, 0) is 48.9 Å². The van der Waals surface area contributed by atoms with Crippen molar-refractivity contribution < 1.29 is 17.9 Å². The Morgan fingerprint density at radius 2 is 1.80 bits per heavy atom. The maximum atomic E-state index is 11.8. The van der Waals surface area contributed by atoms with Crippen LogP contribution in [0.4, 0.5) is 5.69 Å². The minimum absolute atomic E-state index is 0.117. The fourth-order valence-corrected chi connectivity index (χ4v) is 3.19. The van der Waals surface area contributed by atoms with Gasteiger partial charge < -0.3 is 10.1 Å². The van der Waals surface area contributed by atoms with Gasteiger partial charge in [0.05, 0.1) is 11.9 Å². The molecule has 0 bridgehead atoms. The Hall–Kier alpha value is -2.61. The zero-order valence-electron chi connectivity index (χ0n) is 14.2. The van der Waals surface area contributed by atoms with Crippen LogP contribution in [0.1, 0.15) is 12.5 Å². The smallest absolute Gasteiger partial charge is 0.258 e. The first kappa shape index (κ1) is 18.7. The number of carbonyl (C=O) groups is 1. The van der Waals surface area contributed by atoms with Crippen LogP contribution in [0, 0.1) is 0 Å². The minimum atomic E-state index is -3.32. The van der Waals surface area contributed by atoms with Crippen molar-refractivity contribution in [1.82, 2.24) is 10.3 Å². The molecule has 0 unspecified atom stereocenters. The van der Waals surface area contributed by atoms with E-state index >= 15 is 0 Å². The minimum Gasteiger partial charge on any atom is -0.484 e. The van der Waals surface area contributed by atoms with E-state index in [1.54, 1.807) is 43.6 Å². The fourth-order valence-electron chi connectivity index (χ4n) is 2.22. The third-order valence-corrected chi connectivity index (χ3v) is 4.69. The number of rotatable bonds is 8. The number of anilines is 1. The second kappa shape index (κ2) is 8.48. The first-order valence-corrected chi connectivity index (χ1v) is 9.61. The van der Waals surface area contributed by atoms with Crippen molar-refractivity contribution in [2.24, 2.45) is 0 Å². The molecule has 134 valence electrons. The molecule has 2 aromatic rings. The molecule has 0 saturated heterocycles. The highest BCUT2D eigenvalue weighted by Crippen LogP contribution is 2.21. The average molecular weight is 363 g/mol. The summed E-state index contributed by atoms with van der Waals surface area (Å²) >= 11 is 0. The van der Waals surface area contributed by atoms with Gasteiger partial charge in [0.2, 0.25) is 10.0 Å². The maximum absolute atomic E-state index is 11.8. The number of benzene rings is 1. The summed E-state index contributed by atoms with van der Waals surface area (Å²) in [6.45, 7) is 2.40. The van der Waals surface area contributed by atoms with Crippen molar-refractivity contribution in [3.63, 3.8) is 0 Å². The number of pyridine rings is 1. The first-order valence-electron chi connectivity index (χ1n) is 7.76. The summed E-state index contributed by atoms with van der Waals surface area (Å²) in [4.78, 5) is 15.7. The van der Waals surface area contributed by atoms with Crippen LogP contribution in [0.15, 0.2) is 48.8 Å². The molecule has 0 aliphatic carbocycles. The number of nitrogens with one attached hydrogen (secondary N) is 1. The number of sulfonamides is 1. The van der Waals surface area contributed by atoms with Crippen molar-refractivity contribution in [3.8, 4) is 5.75 Å². The topological polar surface area (TPSA) is 88.6 Å². The molecule has 0 spiro atoms. The molecular weight excluding hydrogens is 342 g/mol. The van der Waals surface area contributed by atoms with Crippen LogP contribution in [0.25, 0.3) is 0 Å². The number of hydrogen-bond donors (Lipinski definition) is 1. The van der Waals surface area contributed by atoms with E-state index in [4.69, 9.17) is 4.74 Å². The molecule has 7 nitrogen and oxygen atoms in total. The van der Waals surface area contributed by atoms with Gasteiger partial charge in [0.25, 0.3) is 5.91 Å². The lowest BCUT2D eigenvalue weighted by molar-refractivity contribution is -0.123. The van der Waals surface area contributed by atoms with Gasteiger partial charge in [-0.25, -0.2) is 8.42 Å². The molecule has 0 radical (unpaired) electrons. The Labute approximate surface area is 147 Å². The summed E-state index contributed by atoms with van der Waals surface area (Å²) in [5.41, 5.74) is 1.51. The number of nitrogens with zero attached hydrogens (tertiary/aromatic N) is 2. The van der Waals surface area contributed by atoms with E-state index in [0.29, 0.717) is 24.5 Å². The van der Waals surface area contributed by atoms with E-state index in [9.17, 15) is 13.2 Å². The van der Waals surface area contributed by atoms with Crippen molar-refractivity contribution in [2.45, 2.75) is 13.5 Å². The molecule has 1 heterocycles. The average Bonchev–Trinajstić information content (AvgIpc) is 2.59. The molecule has 8 heteroatoms. The molecule has 0 atom stereocenters.